The van der Waals surface area contributed by atoms with Crippen molar-refractivity contribution in [2.45, 2.75) is 13.5 Å². The molecule has 0 aliphatic carbocycles. The molecule has 0 spiro atoms. The van der Waals surface area contributed by atoms with Crippen LogP contribution in [0.2, 0.25) is 0 Å². The van der Waals surface area contributed by atoms with Gasteiger partial charge in [0.15, 0.2) is 0 Å². The van der Waals surface area contributed by atoms with Crippen molar-refractivity contribution < 1.29 is 9.13 Å². The Morgan fingerprint density at radius 2 is 1.71 bits per heavy atom. The first kappa shape index (κ1) is 18.9. The summed E-state index contributed by atoms with van der Waals surface area (Å²) < 4.78 is 18.6. The molecule has 0 bridgehead atoms. The van der Waals surface area contributed by atoms with Gasteiger partial charge in [-0.3, -0.25) is 4.90 Å². The van der Waals surface area contributed by atoms with Crippen molar-refractivity contribution in [3.63, 3.8) is 0 Å². The van der Waals surface area contributed by atoms with Gasteiger partial charge >= 0.3 is 0 Å². The average Bonchev–Trinajstić information content (AvgIpc) is 3.19. The Balaban J connectivity index is 1.32. The van der Waals surface area contributed by atoms with Crippen LogP contribution in [-0.4, -0.2) is 42.7 Å². The maximum atomic E-state index is 13.1. The van der Waals surface area contributed by atoms with Crippen LogP contribution in [0, 0.1) is 5.82 Å². The Morgan fingerprint density at radius 1 is 1.00 bits per heavy atom. The number of thiazole rings is 1. The molecule has 0 radical (unpaired) electrons. The van der Waals surface area contributed by atoms with E-state index in [0.29, 0.717) is 6.61 Å². The maximum Gasteiger partial charge on any atom is 0.123 e. The molecule has 0 unspecified atom stereocenters. The van der Waals surface area contributed by atoms with Gasteiger partial charge in [0.25, 0.3) is 0 Å². The molecule has 0 amide bonds. The monoisotopic (exact) mass is 397 g/mol. The van der Waals surface area contributed by atoms with Crippen LogP contribution < -0.4 is 9.64 Å². The largest absolute Gasteiger partial charge is 0.494 e. The maximum absolute atomic E-state index is 13.1. The summed E-state index contributed by atoms with van der Waals surface area (Å²) in [6, 6.07) is 14.9. The number of hydrogen-bond donors (Lipinski definition) is 0. The number of piperazine rings is 1. The van der Waals surface area contributed by atoms with E-state index < -0.39 is 0 Å². The zero-order valence-electron chi connectivity index (χ0n) is 16.0. The summed E-state index contributed by atoms with van der Waals surface area (Å²) in [5, 5.41) is 3.20. The molecule has 0 N–H and O–H groups in total. The van der Waals surface area contributed by atoms with Gasteiger partial charge in [0.2, 0.25) is 0 Å². The van der Waals surface area contributed by atoms with E-state index in [0.717, 1.165) is 60.4 Å². The van der Waals surface area contributed by atoms with Crippen molar-refractivity contribution in [2.24, 2.45) is 0 Å². The van der Waals surface area contributed by atoms with Crippen LogP contribution in [-0.2, 0) is 6.54 Å². The summed E-state index contributed by atoms with van der Waals surface area (Å²) in [7, 11) is 0. The highest BCUT2D eigenvalue weighted by molar-refractivity contribution is 7.13. The van der Waals surface area contributed by atoms with E-state index in [4.69, 9.17) is 9.72 Å². The third kappa shape index (κ3) is 4.51. The van der Waals surface area contributed by atoms with Crippen LogP contribution in [0.15, 0.2) is 53.9 Å². The van der Waals surface area contributed by atoms with Crippen LogP contribution in [0.3, 0.4) is 0 Å². The Kier molecular flexibility index (Phi) is 5.88. The number of anilines is 1. The topological polar surface area (TPSA) is 28.6 Å². The van der Waals surface area contributed by atoms with E-state index in [1.165, 1.54) is 12.1 Å². The zero-order valence-corrected chi connectivity index (χ0v) is 16.8. The highest BCUT2D eigenvalue weighted by Crippen LogP contribution is 2.26. The lowest BCUT2D eigenvalue weighted by atomic mass is 10.2. The predicted molar refractivity (Wildman–Crippen MR) is 113 cm³/mol. The van der Waals surface area contributed by atoms with E-state index in [1.54, 1.807) is 11.3 Å². The molecule has 1 aromatic heterocycles. The average molecular weight is 398 g/mol. The Hall–Kier alpha value is -2.44. The standard InChI is InChI=1S/C22H24FN3OS/c1-2-27-21-9-3-17(4-10-21)22-24-19(16-28-22)15-25-11-13-26(14-12-25)20-7-5-18(23)6-8-20/h3-10,16H,2,11-15H2,1H3. The van der Waals surface area contributed by atoms with Crippen LogP contribution in [0.5, 0.6) is 5.75 Å². The zero-order chi connectivity index (χ0) is 19.3. The third-order valence-corrected chi connectivity index (χ3v) is 5.85. The van der Waals surface area contributed by atoms with Crippen LogP contribution in [0.4, 0.5) is 10.1 Å². The summed E-state index contributed by atoms with van der Waals surface area (Å²) in [5.41, 5.74) is 3.33. The third-order valence-electron chi connectivity index (χ3n) is 4.91. The van der Waals surface area contributed by atoms with Crippen molar-refractivity contribution in [1.82, 2.24) is 9.88 Å². The number of aromatic nitrogens is 1. The molecule has 4 rings (SSSR count). The molecule has 0 atom stereocenters. The first-order valence-electron chi connectivity index (χ1n) is 9.62. The fourth-order valence-corrected chi connectivity index (χ4v) is 4.23. The van der Waals surface area contributed by atoms with Gasteiger partial charge in [0.05, 0.1) is 12.3 Å². The van der Waals surface area contributed by atoms with E-state index in [2.05, 4.69) is 27.3 Å². The number of hydrogen-bond acceptors (Lipinski definition) is 5. The molecular weight excluding hydrogens is 373 g/mol. The lowest BCUT2D eigenvalue weighted by Crippen LogP contribution is -2.46. The highest BCUT2D eigenvalue weighted by Gasteiger charge is 2.18. The van der Waals surface area contributed by atoms with Crippen molar-refractivity contribution in [3.8, 4) is 16.3 Å². The molecule has 1 aliphatic rings. The van der Waals surface area contributed by atoms with Crippen LogP contribution >= 0.6 is 11.3 Å². The van der Waals surface area contributed by atoms with Gasteiger partial charge in [-0.1, -0.05) is 0 Å². The fraction of sp³-hybridized carbons (Fsp3) is 0.318. The summed E-state index contributed by atoms with van der Waals surface area (Å²) in [6.07, 6.45) is 0. The van der Waals surface area contributed by atoms with Gasteiger partial charge < -0.3 is 9.64 Å². The van der Waals surface area contributed by atoms with Gasteiger partial charge in [-0.25, -0.2) is 9.37 Å². The van der Waals surface area contributed by atoms with Gasteiger partial charge in [0.1, 0.15) is 16.6 Å². The number of nitrogens with zero attached hydrogens (tertiary/aromatic N) is 3. The van der Waals surface area contributed by atoms with Gasteiger partial charge in [0, 0.05) is 49.4 Å². The first-order chi connectivity index (χ1) is 13.7. The molecule has 28 heavy (non-hydrogen) atoms. The number of benzene rings is 2. The summed E-state index contributed by atoms with van der Waals surface area (Å²) >= 11 is 1.68. The van der Waals surface area contributed by atoms with E-state index >= 15 is 0 Å². The fourth-order valence-electron chi connectivity index (χ4n) is 3.42. The first-order valence-corrected chi connectivity index (χ1v) is 10.5. The summed E-state index contributed by atoms with van der Waals surface area (Å²) in [4.78, 5) is 9.55. The lowest BCUT2D eigenvalue weighted by Gasteiger charge is -2.35. The number of halogens is 1. The van der Waals surface area contributed by atoms with Gasteiger partial charge in [-0.15, -0.1) is 11.3 Å². The minimum absolute atomic E-state index is 0.186. The summed E-state index contributed by atoms with van der Waals surface area (Å²) in [6.45, 7) is 7.38. The molecule has 1 aliphatic heterocycles. The Bertz CT molecular complexity index is 887. The van der Waals surface area contributed by atoms with Crippen molar-refractivity contribution in [3.05, 3.63) is 65.4 Å². The number of rotatable bonds is 6. The molecule has 4 nitrogen and oxygen atoms in total. The van der Waals surface area contributed by atoms with Crippen molar-refractivity contribution in [2.75, 3.05) is 37.7 Å². The van der Waals surface area contributed by atoms with Crippen molar-refractivity contribution >= 4 is 17.0 Å². The Labute approximate surface area is 169 Å². The second kappa shape index (κ2) is 8.71. The quantitative estimate of drug-likeness (QED) is 0.604. The van der Waals surface area contributed by atoms with E-state index in [1.807, 2.05) is 31.2 Å². The van der Waals surface area contributed by atoms with E-state index in [-0.39, 0.29) is 5.82 Å². The molecule has 1 saturated heterocycles. The molecule has 2 aromatic carbocycles. The molecule has 146 valence electrons. The smallest absolute Gasteiger partial charge is 0.123 e. The molecule has 6 heteroatoms. The summed E-state index contributed by atoms with van der Waals surface area (Å²) in [5.74, 6) is 0.705. The van der Waals surface area contributed by atoms with E-state index in [9.17, 15) is 4.39 Å². The van der Waals surface area contributed by atoms with Crippen LogP contribution in [0.1, 0.15) is 12.6 Å². The predicted octanol–water partition coefficient (Wildman–Crippen LogP) is 4.67. The molecule has 0 saturated carbocycles. The minimum Gasteiger partial charge on any atom is -0.494 e. The normalized spacial score (nSPS) is 15.0. The lowest BCUT2D eigenvalue weighted by molar-refractivity contribution is 0.247. The highest BCUT2D eigenvalue weighted by atomic mass is 32.1. The van der Waals surface area contributed by atoms with Gasteiger partial charge in [-0.2, -0.15) is 0 Å². The SMILES string of the molecule is CCOc1ccc(-c2nc(CN3CCN(c4ccc(F)cc4)CC3)cs2)cc1. The Morgan fingerprint density at radius 3 is 2.39 bits per heavy atom. The molecular formula is C22H24FN3OS. The second-order valence-electron chi connectivity index (χ2n) is 6.84. The van der Waals surface area contributed by atoms with Crippen molar-refractivity contribution in [1.29, 1.82) is 0 Å². The van der Waals surface area contributed by atoms with Gasteiger partial charge in [-0.05, 0) is 55.5 Å². The second-order valence-corrected chi connectivity index (χ2v) is 7.70. The number of ether oxygens (including phenoxy) is 1. The van der Waals surface area contributed by atoms with Crippen LogP contribution in [0.25, 0.3) is 10.6 Å². The molecule has 3 aromatic rings. The minimum atomic E-state index is -0.186. The molecule has 1 fully saturated rings. The molecule has 2 heterocycles.